The number of rotatable bonds is 14. The molecule has 0 spiro atoms. The summed E-state index contributed by atoms with van der Waals surface area (Å²) < 4.78 is 12.4. The molecular formula is C38H43NO4. The van der Waals surface area contributed by atoms with Crippen LogP contribution < -0.4 is 10.3 Å². The van der Waals surface area contributed by atoms with Crippen molar-refractivity contribution in [3.05, 3.63) is 88.6 Å². The van der Waals surface area contributed by atoms with Gasteiger partial charge in [-0.05, 0) is 73.7 Å². The smallest absolute Gasteiger partial charge is 0.338 e. The number of unbranched alkanes of at least 4 members (excludes halogenated alkanes) is 7. The van der Waals surface area contributed by atoms with Crippen molar-refractivity contribution in [1.29, 1.82) is 0 Å². The second-order valence-electron chi connectivity index (χ2n) is 11.3. The summed E-state index contributed by atoms with van der Waals surface area (Å²) >= 11 is 0. The zero-order chi connectivity index (χ0) is 30.2. The number of ether oxygens (including phenoxy) is 1. The highest BCUT2D eigenvalue weighted by atomic mass is 16.5. The standard InChI is InChI=1S/C38H43NO4/c1-4-7-8-9-10-11-12-15-24-42-38(41)32-17-14-13-16-31(32)36-33-22-19-28(39(5-2)6-3)26-35(33)43-37-30-23-20-29(40)25-27(30)18-21-34(36)37/h13-14,16-23,25-26H,4-12,15,24H2,1-3H3. The average Bonchev–Trinajstić information content (AvgIpc) is 3.03. The highest BCUT2D eigenvalue weighted by Crippen LogP contribution is 2.41. The quantitative estimate of drug-likeness (QED) is 0.0569. The van der Waals surface area contributed by atoms with Crippen molar-refractivity contribution in [2.45, 2.75) is 72.1 Å². The molecule has 0 aliphatic carbocycles. The Bertz CT molecular complexity index is 1770. The Hall–Kier alpha value is -4.12. The number of anilines is 1. The molecule has 4 aromatic carbocycles. The van der Waals surface area contributed by atoms with Crippen molar-refractivity contribution in [3.8, 4) is 11.1 Å². The Balaban J connectivity index is 1.53. The van der Waals surface area contributed by atoms with Crippen LogP contribution in [0.25, 0.3) is 43.8 Å². The molecule has 0 saturated heterocycles. The Morgan fingerprint density at radius 3 is 2.21 bits per heavy atom. The summed E-state index contributed by atoms with van der Waals surface area (Å²) in [6.07, 6.45) is 9.55. The van der Waals surface area contributed by atoms with Crippen LogP contribution in [0.3, 0.4) is 0 Å². The van der Waals surface area contributed by atoms with E-state index in [2.05, 4.69) is 43.9 Å². The Kier molecular flexibility index (Phi) is 10.1. The molecule has 0 N–H and O–H groups in total. The number of carbonyl (C=O) groups is 1. The first-order chi connectivity index (χ1) is 21.0. The van der Waals surface area contributed by atoms with Gasteiger partial charge in [-0.3, -0.25) is 4.79 Å². The molecule has 5 nitrogen and oxygen atoms in total. The van der Waals surface area contributed by atoms with E-state index in [0.717, 1.165) is 69.9 Å². The molecule has 0 aliphatic heterocycles. The van der Waals surface area contributed by atoms with E-state index in [4.69, 9.17) is 9.15 Å². The minimum absolute atomic E-state index is 0.0405. The first kappa shape index (κ1) is 30.3. The van der Waals surface area contributed by atoms with E-state index < -0.39 is 0 Å². The number of carbonyl (C=O) groups excluding carboxylic acids is 1. The largest absolute Gasteiger partial charge is 0.462 e. The van der Waals surface area contributed by atoms with Gasteiger partial charge < -0.3 is 14.1 Å². The first-order valence-corrected chi connectivity index (χ1v) is 16.0. The molecule has 5 heteroatoms. The molecule has 0 atom stereocenters. The average molecular weight is 578 g/mol. The SMILES string of the molecule is CCCCCCCCCCOC(=O)c1ccccc1-c1c2ccc(N(CC)CC)cc2oc2c1ccc1cc(=O)ccc12. The molecule has 1 aromatic heterocycles. The third kappa shape index (κ3) is 6.77. The fourth-order valence-electron chi connectivity index (χ4n) is 6.08. The lowest BCUT2D eigenvalue weighted by Crippen LogP contribution is -2.21. The Morgan fingerprint density at radius 2 is 1.44 bits per heavy atom. The lowest BCUT2D eigenvalue weighted by Gasteiger charge is -2.22. The fourth-order valence-corrected chi connectivity index (χ4v) is 6.08. The van der Waals surface area contributed by atoms with Gasteiger partial charge in [0, 0.05) is 46.6 Å². The minimum atomic E-state index is -0.308. The van der Waals surface area contributed by atoms with Crippen LogP contribution in [0.4, 0.5) is 5.69 Å². The lowest BCUT2D eigenvalue weighted by atomic mass is 9.92. The van der Waals surface area contributed by atoms with E-state index in [1.165, 1.54) is 38.5 Å². The molecule has 0 aliphatic rings. The number of esters is 1. The van der Waals surface area contributed by atoms with Crippen molar-refractivity contribution in [1.82, 2.24) is 0 Å². The summed E-state index contributed by atoms with van der Waals surface area (Å²) in [7, 11) is 0. The zero-order valence-electron chi connectivity index (χ0n) is 25.8. The molecule has 0 saturated carbocycles. The molecule has 0 amide bonds. The third-order valence-corrected chi connectivity index (χ3v) is 8.43. The van der Waals surface area contributed by atoms with Crippen molar-refractivity contribution < 1.29 is 13.9 Å². The van der Waals surface area contributed by atoms with Crippen LogP contribution in [0.2, 0.25) is 0 Å². The molecule has 5 aromatic rings. The number of nitrogens with zero attached hydrogens (tertiary/aromatic N) is 1. The number of hydrogen-bond donors (Lipinski definition) is 0. The van der Waals surface area contributed by atoms with E-state index >= 15 is 0 Å². The molecule has 0 unspecified atom stereocenters. The van der Waals surface area contributed by atoms with E-state index in [1.54, 1.807) is 12.1 Å². The highest BCUT2D eigenvalue weighted by Gasteiger charge is 2.21. The summed E-state index contributed by atoms with van der Waals surface area (Å²) in [6.45, 7) is 8.69. The van der Waals surface area contributed by atoms with Crippen LogP contribution in [0.15, 0.2) is 82.0 Å². The van der Waals surface area contributed by atoms with Gasteiger partial charge in [0.1, 0.15) is 11.2 Å². The summed E-state index contributed by atoms with van der Waals surface area (Å²) in [5.41, 5.74) is 4.73. The van der Waals surface area contributed by atoms with E-state index in [9.17, 15) is 9.59 Å². The molecule has 0 fully saturated rings. The maximum absolute atomic E-state index is 13.5. The first-order valence-electron chi connectivity index (χ1n) is 16.0. The zero-order valence-corrected chi connectivity index (χ0v) is 25.8. The van der Waals surface area contributed by atoms with Crippen LogP contribution in [-0.4, -0.2) is 25.7 Å². The number of hydrogen-bond acceptors (Lipinski definition) is 5. The highest BCUT2D eigenvalue weighted by molar-refractivity contribution is 6.17. The monoisotopic (exact) mass is 577 g/mol. The molecule has 0 bridgehead atoms. The predicted molar refractivity (Wildman–Crippen MR) is 179 cm³/mol. The van der Waals surface area contributed by atoms with E-state index in [-0.39, 0.29) is 11.4 Å². The molecule has 224 valence electrons. The van der Waals surface area contributed by atoms with Gasteiger partial charge in [0.05, 0.1) is 12.2 Å². The molecule has 43 heavy (non-hydrogen) atoms. The summed E-state index contributed by atoms with van der Waals surface area (Å²) in [5, 5.41) is 3.50. The normalized spacial score (nSPS) is 11.4. The van der Waals surface area contributed by atoms with Gasteiger partial charge in [-0.1, -0.05) is 76.1 Å². The van der Waals surface area contributed by atoms with Crippen LogP contribution >= 0.6 is 0 Å². The van der Waals surface area contributed by atoms with Crippen molar-refractivity contribution >= 4 is 44.4 Å². The Morgan fingerprint density at radius 1 is 0.744 bits per heavy atom. The summed E-state index contributed by atoms with van der Waals surface area (Å²) in [4.78, 5) is 27.9. The van der Waals surface area contributed by atoms with E-state index in [0.29, 0.717) is 17.8 Å². The second-order valence-corrected chi connectivity index (χ2v) is 11.3. The van der Waals surface area contributed by atoms with Gasteiger partial charge in [-0.15, -0.1) is 0 Å². The van der Waals surface area contributed by atoms with Crippen LogP contribution in [0.1, 0.15) is 82.5 Å². The van der Waals surface area contributed by atoms with Gasteiger partial charge in [0.2, 0.25) is 0 Å². The molecular weight excluding hydrogens is 534 g/mol. The number of fused-ring (bicyclic) bond motifs is 4. The molecule has 1 heterocycles. The van der Waals surface area contributed by atoms with Gasteiger partial charge >= 0.3 is 5.97 Å². The summed E-state index contributed by atoms with van der Waals surface area (Å²) in [5.74, 6) is -0.308. The predicted octanol–water partition coefficient (Wildman–Crippen LogP) is 9.91. The van der Waals surface area contributed by atoms with Gasteiger partial charge in [-0.25, -0.2) is 4.79 Å². The maximum Gasteiger partial charge on any atom is 0.338 e. The van der Waals surface area contributed by atoms with Gasteiger partial charge in [-0.2, -0.15) is 0 Å². The summed E-state index contributed by atoms with van der Waals surface area (Å²) in [6, 6.07) is 23.0. The van der Waals surface area contributed by atoms with Crippen molar-refractivity contribution in [2.75, 3.05) is 24.6 Å². The Labute approximate surface area is 254 Å². The van der Waals surface area contributed by atoms with Crippen LogP contribution in [-0.2, 0) is 4.74 Å². The second kappa shape index (κ2) is 14.4. The molecule has 5 rings (SSSR count). The van der Waals surface area contributed by atoms with Crippen LogP contribution in [0, 0.1) is 0 Å². The van der Waals surface area contributed by atoms with Gasteiger partial charge in [0.15, 0.2) is 5.43 Å². The fraction of sp³-hybridized carbons (Fsp3) is 0.368. The lowest BCUT2D eigenvalue weighted by molar-refractivity contribution is 0.0498. The topological polar surface area (TPSA) is 59.8 Å². The van der Waals surface area contributed by atoms with Crippen molar-refractivity contribution in [2.24, 2.45) is 0 Å². The van der Waals surface area contributed by atoms with Crippen molar-refractivity contribution in [3.63, 3.8) is 0 Å². The third-order valence-electron chi connectivity index (χ3n) is 8.43. The minimum Gasteiger partial charge on any atom is -0.462 e. The van der Waals surface area contributed by atoms with Gasteiger partial charge in [0.25, 0.3) is 0 Å². The molecule has 0 radical (unpaired) electrons. The van der Waals surface area contributed by atoms with E-state index in [1.807, 2.05) is 42.5 Å². The number of benzene rings is 4. The van der Waals surface area contributed by atoms with Crippen LogP contribution in [0.5, 0.6) is 0 Å². The maximum atomic E-state index is 13.5.